The fraction of sp³-hybridized carbons (Fsp3) is 0.222. The molecule has 0 aliphatic carbocycles. The summed E-state index contributed by atoms with van der Waals surface area (Å²) < 4.78 is 18.7. The number of carbonyl (C=O) groups excluding carboxylic acids is 2. The SMILES string of the molecule is COc1ccc(F)cc1CN1C(=O)NC(C)(c2ccc([N+](=O)[O-])cc2)C1=O. The monoisotopic (exact) mass is 373 g/mol. The van der Waals surface area contributed by atoms with Crippen LogP contribution >= 0.6 is 0 Å². The molecule has 0 saturated carbocycles. The van der Waals surface area contributed by atoms with E-state index < -0.39 is 28.2 Å². The molecule has 2 aromatic rings. The summed E-state index contributed by atoms with van der Waals surface area (Å²) in [7, 11) is 1.41. The van der Waals surface area contributed by atoms with E-state index in [4.69, 9.17) is 4.74 Å². The molecule has 1 atom stereocenters. The van der Waals surface area contributed by atoms with E-state index in [1.54, 1.807) is 0 Å². The quantitative estimate of drug-likeness (QED) is 0.493. The maximum atomic E-state index is 13.6. The lowest BCUT2D eigenvalue weighted by Crippen LogP contribution is -2.40. The van der Waals surface area contributed by atoms with Gasteiger partial charge in [0, 0.05) is 17.7 Å². The van der Waals surface area contributed by atoms with Gasteiger partial charge >= 0.3 is 6.03 Å². The van der Waals surface area contributed by atoms with Crippen LogP contribution in [0, 0.1) is 15.9 Å². The lowest BCUT2D eigenvalue weighted by molar-refractivity contribution is -0.384. The average Bonchev–Trinajstić information content (AvgIpc) is 2.86. The fourth-order valence-corrected chi connectivity index (χ4v) is 2.99. The number of benzene rings is 2. The third-order valence-corrected chi connectivity index (χ3v) is 4.50. The molecule has 3 rings (SSSR count). The number of halogens is 1. The highest BCUT2D eigenvalue weighted by atomic mass is 19.1. The number of nitrogens with zero attached hydrogens (tertiary/aromatic N) is 2. The molecule has 2 aromatic carbocycles. The molecule has 9 heteroatoms. The molecule has 27 heavy (non-hydrogen) atoms. The molecule has 1 unspecified atom stereocenters. The van der Waals surface area contributed by atoms with Gasteiger partial charge in [0.15, 0.2) is 0 Å². The topological polar surface area (TPSA) is 102 Å². The number of nitrogens with one attached hydrogen (secondary N) is 1. The number of urea groups is 1. The highest BCUT2D eigenvalue weighted by Gasteiger charge is 2.49. The maximum Gasteiger partial charge on any atom is 0.325 e. The van der Waals surface area contributed by atoms with Crippen LogP contribution in [0.5, 0.6) is 5.75 Å². The van der Waals surface area contributed by atoms with Crippen LogP contribution in [0.2, 0.25) is 0 Å². The van der Waals surface area contributed by atoms with E-state index in [9.17, 15) is 24.1 Å². The second kappa shape index (κ2) is 6.67. The lowest BCUT2D eigenvalue weighted by atomic mass is 9.92. The van der Waals surface area contributed by atoms with Crippen molar-refractivity contribution in [2.24, 2.45) is 0 Å². The number of nitro benzene ring substituents is 1. The largest absolute Gasteiger partial charge is 0.496 e. The van der Waals surface area contributed by atoms with Crippen LogP contribution < -0.4 is 10.1 Å². The van der Waals surface area contributed by atoms with Crippen LogP contribution in [0.4, 0.5) is 14.9 Å². The Kier molecular flexibility index (Phi) is 4.52. The molecule has 1 aliphatic rings. The first-order valence-corrected chi connectivity index (χ1v) is 7.97. The summed E-state index contributed by atoms with van der Waals surface area (Å²) >= 11 is 0. The zero-order valence-electron chi connectivity index (χ0n) is 14.6. The zero-order valence-corrected chi connectivity index (χ0v) is 14.6. The van der Waals surface area contributed by atoms with Crippen LogP contribution in [0.25, 0.3) is 0 Å². The van der Waals surface area contributed by atoms with Gasteiger partial charge in [0.05, 0.1) is 18.6 Å². The van der Waals surface area contributed by atoms with Crippen molar-refractivity contribution in [1.82, 2.24) is 10.2 Å². The van der Waals surface area contributed by atoms with Gasteiger partial charge in [0.1, 0.15) is 17.1 Å². The van der Waals surface area contributed by atoms with Gasteiger partial charge in [-0.15, -0.1) is 0 Å². The molecular formula is C18H16FN3O5. The molecule has 1 aliphatic heterocycles. The minimum Gasteiger partial charge on any atom is -0.496 e. The third-order valence-electron chi connectivity index (χ3n) is 4.50. The minimum atomic E-state index is -1.38. The fourth-order valence-electron chi connectivity index (χ4n) is 2.99. The van der Waals surface area contributed by atoms with Crippen molar-refractivity contribution in [3.63, 3.8) is 0 Å². The Balaban J connectivity index is 1.90. The van der Waals surface area contributed by atoms with Gasteiger partial charge in [0.25, 0.3) is 11.6 Å². The summed E-state index contributed by atoms with van der Waals surface area (Å²) in [6.07, 6.45) is 0. The van der Waals surface area contributed by atoms with E-state index in [0.717, 1.165) is 4.90 Å². The van der Waals surface area contributed by atoms with Crippen molar-refractivity contribution in [2.45, 2.75) is 19.0 Å². The van der Waals surface area contributed by atoms with Crippen LogP contribution in [0.15, 0.2) is 42.5 Å². The van der Waals surface area contributed by atoms with Crippen molar-refractivity contribution < 1.29 is 23.6 Å². The van der Waals surface area contributed by atoms with E-state index in [0.29, 0.717) is 16.9 Å². The number of ether oxygens (including phenoxy) is 1. The number of rotatable bonds is 5. The van der Waals surface area contributed by atoms with E-state index >= 15 is 0 Å². The first-order valence-electron chi connectivity index (χ1n) is 7.97. The summed E-state index contributed by atoms with van der Waals surface area (Å²) in [5.41, 5.74) is -0.762. The number of non-ortho nitro benzene ring substituents is 1. The molecule has 0 aromatic heterocycles. The van der Waals surface area contributed by atoms with Crippen molar-refractivity contribution in [1.29, 1.82) is 0 Å². The normalized spacial score (nSPS) is 19.1. The lowest BCUT2D eigenvalue weighted by Gasteiger charge is -2.22. The number of imide groups is 1. The molecule has 1 fully saturated rings. The maximum absolute atomic E-state index is 13.6. The highest BCUT2D eigenvalue weighted by Crippen LogP contribution is 2.32. The minimum absolute atomic E-state index is 0.125. The average molecular weight is 373 g/mol. The summed E-state index contributed by atoms with van der Waals surface area (Å²) in [6, 6.07) is 8.54. The van der Waals surface area contributed by atoms with Crippen molar-refractivity contribution in [3.05, 3.63) is 69.5 Å². The third kappa shape index (κ3) is 3.19. The summed E-state index contributed by atoms with van der Waals surface area (Å²) in [4.78, 5) is 36.5. The Morgan fingerprint density at radius 3 is 2.48 bits per heavy atom. The van der Waals surface area contributed by atoms with Crippen LogP contribution in [-0.4, -0.2) is 28.9 Å². The van der Waals surface area contributed by atoms with E-state index in [-0.39, 0.29) is 12.2 Å². The van der Waals surface area contributed by atoms with E-state index in [2.05, 4.69) is 5.32 Å². The molecule has 0 radical (unpaired) electrons. The Hall–Kier alpha value is -3.49. The predicted octanol–water partition coefficient (Wildman–Crippen LogP) is 2.71. The number of hydrogen-bond acceptors (Lipinski definition) is 5. The Morgan fingerprint density at radius 1 is 1.22 bits per heavy atom. The second-order valence-electron chi connectivity index (χ2n) is 6.21. The second-order valence-corrected chi connectivity index (χ2v) is 6.21. The zero-order chi connectivity index (χ0) is 19.8. The van der Waals surface area contributed by atoms with Crippen molar-refractivity contribution in [2.75, 3.05) is 7.11 Å². The number of methoxy groups -OCH3 is 1. The molecule has 8 nitrogen and oxygen atoms in total. The van der Waals surface area contributed by atoms with E-state index in [1.807, 2.05) is 0 Å². The van der Waals surface area contributed by atoms with Gasteiger partial charge in [-0.25, -0.2) is 9.18 Å². The molecule has 0 bridgehead atoms. The van der Waals surface area contributed by atoms with Gasteiger partial charge in [-0.3, -0.25) is 19.8 Å². The first kappa shape index (κ1) is 18.3. The smallest absolute Gasteiger partial charge is 0.325 e. The van der Waals surface area contributed by atoms with Crippen LogP contribution in [0.3, 0.4) is 0 Å². The van der Waals surface area contributed by atoms with Gasteiger partial charge < -0.3 is 10.1 Å². The number of hydrogen-bond donors (Lipinski definition) is 1. The molecular weight excluding hydrogens is 357 g/mol. The highest BCUT2D eigenvalue weighted by molar-refractivity contribution is 6.07. The molecule has 140 valence electrons. The molecule has 1 N–H and O–H groups in total. The standard InChI is InChI=1S/C18H16FN3O5/c1-18(12-3-6-14(7-4-12)22(25)26)16(23)21(17(24)20-18)10-11-9-13(19)5-8-15(11)27-2/h3-9H,10H2,1-2H3,(H,20,24). The van der Waals surface area contributed by atoms with Crippen LogP contribution in [-0.2, 0) is 16.9 Å². The number of amides is 3. The summed E-state index contributed by atoms with van der Waals surface area (Å²) in [5.74, 6) is -0.718. The van der Waals surface area contributed by atoms with Crippen molar-refractivity contribution in [3.8, 4) is 5.75 Å². The predicted molar refractivity (Wildman–Crippen MR) is 92.5 cm³/mol. The van der Waals surface area contributed by atoms with Crippen LogP contribution in [0.1, 0.15) is 18.1 Å². The number of carbonyl (C=O) groups is 2. The molecule has 1 heterocycles. The molecule has 0 spiro atoms. The Morgan fingerprint density at radius 2 is 1.89 bits per heavy atom. The number of nitro groups is 1. The Bertz CT molecular complexity index is 931. The van der Waals surface area contributed by atoms with Gasteiger partial charge in [-0.05, 0) is 42.8 Å². The summed E-state index contributed by atoms with van der Waals surface area (Å²) in [6.45, 7) is 1.34. The summed E-state index contributed by atoms with van der Waals surface area (Å²) in [5, 5.41) is 13.4. The van der Waals surface area contributed by atoms with Gasteiger partial charge in [-0.1, -0.05) is 0 Å². The van der Waals surface area contributed by atoms with Gasteiger partial charge in [-0.2, -0.15) is 0 Å². The first-order chi connectivity index (χ1) is 12.8. The van der Waals surface area contributed by atoms with Crippen molar-refractivity contribution >= 4 is 17.6 Å². The van der Waals surface area contributed by atoms with E-state index in [1.165, 1.54) is 56.5 Å². The Labute approximate surface area is 153 Å². The molecule has 1 saturated heterocycles. The van der Waals surface area contributed by atoms with Gasteiger partial charge in [0.2, 0.25) is 0 Å². The molecule has 3 amide bonds.